The summed E-state index contributed by atoms with van der Waals surface area (Å²) in [5, 5.41) is 3.15. The van der Waals surface area contributed by atoms with Gasteiger partial charge in [-0.2, -0.15) is 4.39 Å². The molecule has 0 spiro atoms. The molecule has 0 amide bonds. The molecule has 1 heterocycles. The van der Waals surface area contributed by atoms with Crippen molar-refractivity contribution < 1.29 is 13.9 Å². The van der Waals surface area contributed by atoms with E-state index in [-0.39, 0.29) is 0 Å². The van der Waals surface area contributed by atoms with Crippen LogP contribution < -0.4 is 14.8 Å². The summed E-state index contributed by atoms with van der Waals surface area (Å²) in [6.45, 7) is 0.556. The minimum absolute atomic E-state index is 0.493. The van der Waals surface area contributed by atoms with Crippen molar-refractivity contribution in [2.45, 2.75) is 6.54 Å². The first-order chi connectivity index (χ1) is 9.22. The monoisotopic (exact) mass is 262 g/mol. The molecule has 0 aliphatic heterocycles. The molecule has 0 fully saturated rings. The van der Waals surface area contributed by atoms with Crippen LogP contribution in [0.1, 0.15) is 5.56 Å². The molecule has 2 rings (SSSR count). The van der Waals surface area contributed by atoms with E-state index in [9.17, 15) is 4.39 Å². The number of hydrogen-bond donors (Lipinski definition) is 1. The van der Waals surface area contributed by atoms with E-state index in [1.807, 2.05) is 18.2 Å². The Morgan fingerprint density at radius 3 is 2.63 bits per heavy atom. The molecule has 2 aromatic rings. The lowest BCUT2D eigenvalue weighted by Gasteiger charge is -2.11. The fraction of sp³-hybridized carbons (Fsp3) is 0.214. The Morgan fingerprint density at radius 2 is 2.00 bits per heavy atom. The van der Waals surface area contributed by atoms with Crippen molar-refractivity contribution in [2.75, 3.05) is 19.5 Å². The molecule has 0 saturated carbocycles. The number of hydrogen-bond acceptors (Lipinski definition) is 4. The highest BCUT2D eigenvalue weighted by Gasteiger charge is 2.05. The van der Waals surface area contributed by atoms with E-state index in [1.54, 1.807) is 20.3 Å². The maximum Gasteiger partial charge on any atom is 0.212 e. The zero-order chi connectivity index (χ0) is 13.7. The highest BCUT2D eigenvalue weighted by atomic mass is 19.1. The van der Waals surface area contributed by atoms with Gasteiger partial charge in [0.2, 0.25) is 5.95 Å². The molecule has 1 aromatic carbocycles. The highest BCUT2D eigenvalue weighted by molar-refractivity contribution is 5.45. The molecule has 0 radical (unpaired) electrons. The van der Waals surface area contributed by atoms with Crippen molar-refractivity contribution in [3.05, 3.63) is 48.0 Å². The van der Waals surface area contributed by atoms with Crippen LogP contribution in [-0.4, -0.2) is 19.2 Å². The van der Waals surface area contributed by atoms with Crippen molar-refractivity contribution in [2.24, 2.45) is 0 Å². The maximum absolute atomic E-state index is 12.7. The first-order valence-corrected chi connectivity index (χ1v) is 5.79. The largest absolute Gasteiger partial charge is 0.497 e. The summed E-state index contributed by atoms with van der Waals surface area (Å²) >= 11 is 0. The van der Waals surface area contributed by atoms with Crippen LogP contribution in [0.4, 0.5) is 10.1 Å². The van der Waals surface area contributed by atoms with E-state index < -0.39 is 5.95 Å². The summed E-state index contributed by atoms with van der Waals surface area (Å²) < 4.78 is 23.1. The summed E-state index contributed by atoms with van der Waals surface area (Å²) in [6.07, 6.45) is 1.45. The third-order valence-electron chi connectivity index (χ3n) is 2.70. The first-order valence-electron chi connectivity index (χ1n) is 5.79. The smallest absolute Gasteiger partial charge is 0.212 e. The molecule has 0 aliphatic carbocycles. The number of nitrogens with one attached hydrogen (secondary N) is 1. The van der Waals surface area contributed by atoms with Crippen LogP contribution in [0.15, 0.2) is 36.5 Å². The molecule has 0 unspecified atom stereocenters. The van der Waals surface area contributed by atoms with Crippen molar-refractivity contribution in [1.82, 2.24) is 4.98 Å². The van der Waals surface area contributed by atoms with Gasteiger partial charge < -0.3 is 14.8 Å². The van der Waals surface area contributed by atoms with Gasteiger partial charge in [0.25, 0.3) is 0 Å². The number of aromatic nitrogens is 1. The van der Waals surface area contributed by atoms with Crippen LogP contribution in [0.25, 0.3) is 0 Å². The third kappa shape index (κ3) is 3.34. The molecule has 0 atom stereocenters. The molecule has 0 aliphatic rings. The normalized spacial score (nSPS) is 10.1. The van der Waals surface area contributed by atoms with Gasteiger partial charge in [-0.05, 0) is 24.3 Å². The van der Waals surface area contributed by atoms with E-state index in [4.69, 9.17) is 9.47 Å². The number of nitrogens with zero attached hydrogens (tertiary/aromatic N) is 1. The zero-order valence-electron chi connectivity index (χ0n) is 10.8. The Kier molecular flexibility index (Phi) is 4.18. The van der Waals surface area contributed by atoms with E-state index in [2.05, 4.69) is 10.3 Å². The minimum atomic E-state index is -0.493. The van der Waals surface area contributed by atoms with Gasteiger partial charge in [-0.3, -0.25) is 0 Å². The van der Waals surface area contributed by atoms with Crippen molar-refractivity contribution >= 4 is 5.69 Å². The van der Waals surface area contributed by atoms with E-state index >= 15 is 0 Å². The lowest BCUT2D eigenvalue weighted by molar-refractivity contribution is 0.391. The number of ether oxygens (including phenoxy) is 2. The van der Waals surface area contributed by atoms with E-state index in [0.29, 0.717) is 6.54 Å². The number of pyridine rings is 1. The van der Waals surface area contributed by atoms with Crippen molar-refractivity contribution in [1.29, 1.82) is 0 Å². The number of benzene rings is 1. The second-order valence-electron chi connectivity index (χ2n) is 3.90. The van der Waals surface area contributed by atoms with Crippen molar-refractivity contribution in [3.8, 4) is 11.5 Å². The molecule has 0 saturated heterocycles. The van der Waals surface area contributed by atoms with Crippen molar-refractivity contribution in [3.63, 3.8) is 0 Å². The van der Waals surface area contributed by atoms with Gasteiger partial charge in [0.1, 0.15) is 11.5 Å². The first kappa shape index (κ1) is 13.1. The Hall–Kier alpha value is -2.30. The fourth-order valence-corrected chi connectivity index (χ4v) is 1.68. The second kappa shape index (κ2) is 6.04. The van der Waals surface area contributed by atoms with Gasteiger partial charge in [0, 0.05) is 18.2 Å². The van der Waals surface area contributed by atoms with Gasteiger partial charge in [-0.25, -0.2) is 4.98 Å². The van der Waals surface area contributed by atoms with E-state index in [1.165, 1.54) is 12.3 Å². The SMILES string of the molecule is COc1ccc(CNc2ccc(F)nc2)c(OC)c1. The molecule has 1 aromatic heterocycles. The van der Waals surface area contributed by atoms with Crippen LogP contribution in [0.3, 0.4) is 0 Å². The molecule has 100 valence electrons. The Morgan fingerprint density at radius 1 is 1.16 bits per heavy atom. The summed E-state index contributed by atoms with van der Waals surface area (Å²) in [4.78, 5) is 3.58. The van der Waals surface area contributed by atoms with Gasteiger partial charge in [0.15, 0.2) is 0 Å². The average Bonchev–Trinajstić information content (AvgIpc) is 2.46. The Labute approximate surface area is 111 Å². The molecule has 4 nitrogen and oxygen atoms in total. The van der Waals surface area contributed by atoms with E-state index in [0.717, 1.165) is 22.7 Å². The molecule has 1 N–H and O–H groups in total. The van der Waals surface area contributed by atoms with Gasteiger partial charge in [-0.1, -0.05) is 0 Å². The van der Waals surface area contributed by atoms with Crippen LogP contribution in [0.2, 0.25) is 0 Å². The number of halogens is 1. The third-order valence-corrected chi connectivity index (χ3v) is 2.70. The number of methoxy groups -OCH3 is 2. The van der Waals surface area contributed by atoms with Gasteiger partial charge in [-0.15, -0.1) is 0 Å². The summed E-state index contributed by atoms with van der Waals surface area (Å²) in [5.74, 6) is 0.985. The zero-order valence-corrected chi connectivity index (χ0v) is 10.8. The van der Waals surface area contributed by atoms with Crippen LogP contribution in [0, 0.1) is 5.95 Å². The standard InChI is InChI=1S/C14H15FN2O2/c1-18-12-5-3-10(13(7-12)19-2)8-16-11-4-6-14(15)17-9-11/h3-7,9,16H,8H2,1-2H3. The molecular formula is C14H15FN2O2. The second-order valence-corrected chi connectivity index (χ2v) is 3.90. The Bertz CT molecular complexity index is 544. The lowest BCUT2D eigenvalue weighted by Crippen LogP contribution is -2.02. The molecular weight excluding hydrogens is 247 g/mol. The predicted molar refractivity (Wildman–Crippen MR) is 71.1 cm³/mol. The number of rotatable bonds is 5. The maximum atomic E-state index is 12.7. The predicted octanol–water partition coefficient (Wildman–Crippen LogP) is 2.85. The minimum Gasteiger partial charge on any atom is -0.497 e. The van der Waals surface area contributed by atoms with Gasteiger partial charge >= 0.3 is 0 Å². The summed E-state index contributed by atoms with van der Waals surface area (Å²) in [6, 6.07) is 8.55. The molecule has 19 heavy (non-hydrogen) atoms. The number of anilines is 1. The quantitative estimate of drug-likeness (QED) is 0.841. The topological polar surface area (TPSA) is 43.4 Å². The molecule has 0 bridgehead atoms. The fourth-order valence-electron chi connectivity index (χ4n) is 1.68. The van der Waals surface area contributed by atoms with Gasteiger partial charge in [0.05, 0.1) is 26.1 Å². The summed E-state index contributed by atoms with van der Waals surface area (Å²) in [7, 11) is 3.22. The summed E-state index contributed by atoms with van der Waals surface area (Å²) in [5.41, 5.74) is 1.73. The Balaban J connectivity index is 2.08. The van der Waals surface area contributed by atoms with Crippen LogP contribution in [-0.2, 0) is 6.54 Å². The lowest BCUT2D eigenvalue weighted by atomic mass is 10.2. The van der Waals surface area contributed by atoms with Crippen LogP contribution >= 0.6 is 0 Å². The molecule has 5 heteroatoms. The average molecular weight is 262 g/mol. The van der Waals surface area contributed by atoms with Crippen LogP contribution in [0.5, 0.6) is 11.5 Å². The highest BCUT2D eigenvalue weighted by Crippen LogP contribution is 2.25.